The van der Waals surface area contributed by atoms with Crippen molar-refractivity contribution >= 4 is 27.5 Å². The van der Waals surface area contributed by atoms with Gasteiger partial charge >= 0.3 is 0 Å². The summed E-state index contributed by atoms with van der Waals surface area (Å²) in [7, 11) is 0. The molecule has 112 valence electrons. The maximum atomic E-state index is 12.5. The highest BCUT2D eigenvalue weighted by atomic mass is 79.9. The van der Waals surface area contributed by atoms with Crippen molar-refractivity contribution in [3.05, 3.63) is 38.3 Å². The molecule has 1 aromatic carbocycles. The van der Waals surface area contributed by atoms with Crippen LogP contribution in [0.25, 0.3) is 0 Å². The average Bonchev–Trinajstić information content (AvgIpc) is 3.31. The quantitative estimate of drug-likeness (QED) is 0.617. The number of carbonyl (C=O) groups excluding carboxylic acids is 1. The number of carbonyl (C=O) groups is 1. The van der Waals surface area contributed by atoms with Gasteiger partial charge in [0.15, 0.2) is 0 Å². The molecule has 0 atom stereocenters. The molecule has 0 bridgehead atoms. The fourth-order valence-corrected chi connectivity index (χ4v) is 3.11. The molecule has 2 fully saturated rings. The maximum absolute atomic E-state index is 12.5. The number of hydrogen-bond acceptors (Lipinski definition) is 4. The predicted octanol–water partition coefficient (Wildman–Crippen LogP) is 2.28. The van der Waals surface area contributed by atoms with E-state index in [1.165, 1.54) is 25.0 Å². The molecule has 1 aliphatic carbocycles. The Balaban J connectivity index is 1.72. The molecule has 1 saturated heterocycles. The second kappa shape index (κ2) is 5.73. The predicted molar refractivity (Wildman–Crippen MR) is 81.3 cm³/mol. The lowest BCUT2D eigenvalue weighted by molar-refractivity contribution is -0.384. The average molecular weight is 354 g/mol. The van der Waals surface area contributed by atoms with Crippen LogP contribution in [0, 0.1) is 10.1 Å². The third kappa shape index (κ3) is 3.08. The van der Waals surface area contributed by atoms with Crippen LogP contribution in [0.3, 0.4) is 0 Å². The Labute approximate surface area is 131 Å². The van der Waals surface area contributed by atoms with Gasteiger partial charge in [-0.25, -0.2) is 0 Å². The molecule has 1 heterocycles. The molecule has 0 N–H and O–H groups in total. The Bertz CT molecular complexity index is 581. The lowest BCUT2D eigenvalue weighted by Crippen LogP contribution is -2.49. The number of amides is 1. The molecule has 21 heavy (non-hydrogen) atoms. The lowest BCUT2D eigenvalue weighted by atomic mass is 10.1. The fraction of sp³-hybridized carbons (Fsp3) is 0.500. The summed E-state index contributed by atoms with van der Waals surface area (Å²) in [5, 5.41) is 10.8. The summed E-state index contributed by atoms with van der Waals surface area (Å²) in [5.74, 6) is -0.138. The highest BCUT2D eigenvalue weighted by Crippen LogP contribution is 2.28. The number of hydrogen-bond donors (Lipinski definition) is 0. The van der Waals surface area contributed by atoms with Crippen molar-refractivity contribution in [2.75, 3.05) is 26.2 Å². The molecule has 6 nitrogen and oxygen atoms in total. The van der Waals surface area contributed by atoms with Crippen LogP contribution in [-0.2, 0) is 0 Å². The van der Waals surface area contributed by atoms with E-state index in [0.717, 1.165) is 13.1 Å². The topological polar surface area (TPSA) is 66.7 Å². The van der Waals surface area contributed by atoms with Crippen LogP contribution >= 0.6 is 15.9 Å². The summed E-state index contributed by atoms with van der Waals surface area (Å²) in [6.07, 6.45) is 2.54. The first kappa shape index (κ1) is 14.5. The normalized spacial score (nSPS) is 19.6. The van der Waals surface area contributed by atoms with Crippen LogP contribution in [-0.4, -0.2) is 52.9 Å². The van der Waals surface area contributed by atoms with Gasteiger partial charge in [0, 0.05) is 48.8 Å². The molecular formula is C14H16BrN3O3. The van der Waals surface area contributed by atoms with Crippen LogP contribution in [0.5, 0.6) is 0 Å². The number of halogens is 1. The van der Waals surface area contributed by atoms with E-state index in [9.17, 15) is 14.9 Å². The number of rotatable bonds is 3. The molecule has 1 amide bonds. The van der Waals surface area contributed by atoms with Gasteiger partial charge in [-0.1, -0.05) is 0 Å². The van der Waals surface area contributed by atoms with Crippen molar-refractivity contribution in [1.82, 2.24) is 9.80 Å². The molecule has 1 aliphatic heterocycles. The molecular weight excluding hydrogens is 338 g/mol. The molecule has 0 spiro atoms. The van der Waals surface area contributed by atoms with Gasteiger partial charge in [-0.2, -0.15) is 0 Å². The summed E-state index contributed by atoms with van der Waals surface area (Å²) in [5.41, 5.74) is 0.308. The van der Waals surface area contributed by atoms with E-state index in [2.05, 4.69) is 20.8 Å². The van der Waals surface area contributed by atoms with Gasteiger partial charge in [0.05, 0.1) is 10.5 Å². The Hall–Kier alpha value is -1.47. The first-order valence-electron chi connectivity index (χ1n) is 7.03. The Morgan fingerprint density at radius 3 is 2.48 bits per heavy atom. The SMILES string of the molecule is O=C(c1cc([N+](=O)[O-])ccc1Br)N1CCN(C2CC2)CC1. The fourth-order valence-electron chi connectivity index (χ4n) is 2.69. The van der Waals surface area contributed by atoms with E-state index in [0.29, 0.717) is 29.2 Å². The van der Waals surface area contributed by atoms with Crippen LogP contribution in [0.15, 0.2) is 22.7 Å². The van der Waals surface area contributed by atoms with Crippen molar-refractivity contribution in [2.45, 2.75) is 18.9 Å². The van der Waals surface area contributed by atoms with E-state index in [4.69, 9.17) is 0 Å². The van der Waals surface area contributed by atoms with E-state index >= 15 is 0 Å². The molecule has 7 heteroatoms. The Morgan fingerprint density at radius 2 is 1.90 bits per heavy atom. The van der Waals surface area contributed by atoms with Crippen molar-refractivity contribution in [3.8, 4) is 0 Å². The van der Waals surface area contributed by atoms with Gasteiger partial charge in [0.25, 0.3) is 11.6 Å². The van der Waals surface area contributed by atoms with Gasteiger partial charge in [0.1, 0.15) is 0 Å². The lowest BCUT2D eigenvalue weighted by Gasteiger charge is -2.35. The van der Waals surface area contributed by atoms with Gasteiger partial charge < -0.3 is 4.90 Å². The molecule has 0 aromatic heterocycles. The summed E-state index contributed by atoms with van der Waals surface area (Å²) < 4.78 is 0.600. The minimum Gasteiger partial charge on any atom is -0.336 e. The highest BCUT2D eigenvalue weighted by molar-refractivity contribution is 9.10. The molecule has 2 aliphatic rings. The summed E-state index contributed by atoms with van der Waals surface area (Å²) in [6.45, 7) is 3.15. The third-order valence-corrected chi connectivity index (χ3v) is 4.75. The van der Waals surface area contributed by atoms with Crippen molar-refractivity contribution < 1.29 is 9.72 Å². The minimum absolute atomic E-state index is 0.0573. The number of piperazine rings is 1. The van der Waals surface area contributed by atoms with Gasteiger partial charge in [0.2, 0.25) is 0 Å². The van der Waals surface area contributed by atoms with Crippen LogP contribution in [0.4, 0.5) is 5.69 Å². The van der Waals surface area contributed by atoms with Crippen LogP contribution in [0.1, 0.15) is 23.2 Å². The van der Waals surface area contributed by atoms with Crippen molar-refractivity contribution in [2.24, 2.45) is 0 Å². The van der Waals surface area contributed by atoms with Crippen LogP contribution in [0.2, 0.25) is 0 Å². The largest absolute Gasteiger partial charge is 0.336 e. The van der Waals surface area contributed by atoms with Gasteiger partial charge in [-0.15, -0.1) is 0 Å². The van der Waals surface area contributed by atoms with E-state index in [-0.39, 0.29) is 11.6 Å². The smallest absolute Gasteiger partial charge is 0.270 e. The standard InChI is InChI=1S/C14H16BrN3O3/c15-13-4-3-11(18(20)21)9-12(13)14(19)17-7-5-16(6-8-17)10-1-2-10/h3-4,9-10H,1-2,5-8H2. The zero-order valence-corrected chi connectivity index (χ0v) is 13.1. The van der Waals surface area contributed by atoms with E-state index in [1.54, 1.807) is 11.0 Å². The van der Waals surface area contributed by atoms with Gasteiger partial charge in [-0.05, 0) is 34.8 Å². The molecule has 0 radical (unpaired) electrons. The number of nitrogens with zero attached hydrogens (tertiary/aromatic N) is 3. The number of non-ortho nitro benzene ring substituents is 1. The zero-order valence-electron chi connectivity index (χ0n) is 11.5. The van der Waals surface area contributed by atoms with Gasteiger partial charge in [-0.3, -0.25) is 19.8 Å². The van der Waals surface area contributed by atoms with Crippen LogP contribution < -0.4 is 0 Å². The molecule has 1 saturated carbocycles. The Kier molecular flexibility index (Phi) is 3.95. The monoisotopic (exact) mass is 353 g/mol. The molecule has 0 unspecified atom stereocenters. The second-order valence-electron chi connectivity index (χ2n) is 5.48. The second-order valence-corrected chi connectivity index (χ2v) is 6.33. The molecule has 3 rings (SSSR count). The third-order valence-electron chi connectivity index (χ3n) is 4.06. The maximum Gasteiger partial charge on any atom is 0.270 e. The highest BCUT2D eigenvalue weighted by Gasteiger charge is 2.32. The van der Waals surface area contributed by atoms with Crippen molar-refractivity contribution in [1.29, 1.82) is 0 Å². The first-order valence-corrected chi connectivity index (χ1v) is 7.83. The number of nitro benzene ring substituents is 1. The number of nitro groups is 1. The zero-order chi connectivity index (χ0) is 15.0. The minimum atomic E-state index is -0.478. The summed E-state index contributed by atoms with van der Waals surface area (Å²) >= 11 is 3.31. The summed E-state index contributed by atoms with van der Waals surface area (Å²) in [6, 6.07) is 5.02. The van der Waals surface area contributed by atoms with Crippen molar-refractivity contribution in [3.63, 3.8) is 0 Å². The first-order chi connectivity index (χ1) is 10.1. The Morgan fingerprint density at radius 1 is 1.24 bits per heavy atom. The molecule has 1 aromatic rings. The van der Waals surface area contributed by atoms with E-state index < -0.39 is 4.92 Å². The van der Waals surface area contributed by atoms with E-state index in [1.807, 2.05) is 0 Å². The number of benzene rings is 1. The summed E-state index contributed by atoms with van der Waals surface area (Å²) in [4.78, 5) is 27.1.